The lowest BCUT2D eigenvalue weighted by molar-refractivity contribution is -0.130. The molecular formula is C18H15Cl2NO2. The summed E-state index contributed by atoms with van der Waals surface area (Å²) in [4.78, 5) is 14.7. The Hall–Kier alpha value is -1.55. The number of likely N-dealkylation sites (tertiary alicyclic amines) is 1. The summed E-state index contributed by atoms with van der Waals surface area (Å²) in [5, 5.41) is 0.996. The molecule has 2 aliphatic heterocycles. The minimum atomic E-state index is -0.280. The van der Waals surface area contributed by atoms with Gasteiger partial charge in [-0.1, -0.05) is 59.6 Å². The molecule has 118 valence electrons. The number of nitrogens with zero attached hydrogens (tertiary/aromatic N) is 1. The van der Waals surface area contributed by atoms with Crippen LogP contribution in [0.1, 0.15) is 22.6 Å². The van der Waals surface area contributed by atoms with Gasteiger partial charge in [0.2, 0.25) is 5.91 Å². The number of carbonyl (C=O) groups excluding carboxylic acids is 1. The highest BCUT2D eigenvalue weighted by atomic mass is 35.5. The zero-order valence-corrected chi connectivity index (χ0v) is 13.8. The van der Waals surface area contributed by atoms with Crippen LogP contribution in [0, 0.1) is 0 Å². The van der Waals surface area contributed by atoms with Gasteiger partial charge < -0.3 is 9.64 Å². The summed E-state index contributed by atoms with van der Waals surface area (Å²) in [5.41, 5.74) is 2.92. The second kappa shape index (κ2) is 5.82. The van der Waals surface area contributed by atoms with Crippen molar-refractivity contribution in [1.29, 1.82) is 0 Å². The van der Waals surface area contributed by atoms with Crippen molar-refractivity contribution >= 4 is 29.1 Å². The van der Waals surface area contributed by atoms with Gasteiger partial charge in [-0.2, -0.15) is 0 Å². The third-order valence-electron chi connectivity index (χ3n) is 4.58. The third-order valence-corrected chi connectivity index (χ3v) is 5.42. The van der Waals surface area contributed by atoms with Crippen molar-refractivity contribution in [3.8, 4) is 0 Å². The highest BCUT2D eigenvalue weighted by Gasteiger charge is 2.45. The molecule has 1 saturated heterocycles. The molecule has 0 N–H and O–H groups in total. The van der Waals surface area contributed by atoms with Gasteiger partial charge in [-0.3, -0.25) is 4.79 Å². The summed E-state index contributed by atoms with van der Waals surface area (Å²) < 4.78 is 5.90. The van der Waals surface area contributed by atoms with Crippen LogP contribution in [0.2, 0.25) is 10.0 Å². The van der Waals surface area contributed by atoms with Gasteiger partial charge in [-0.15, -0.1) is 0 Å². The monoisotopic (exact) mass is 347 g/mol. The van der Waals surface area contributed by atoms with Crippen LogP contribution in [-0.2, 0) is 22.7 Å². The van der Waals surface area contributed by atoms with E-state index in [1.165, 1.54) is 0 Å². The summed E-state index contributed by atoms with van der Waals surface area (Å²) in [7, 11) is 0. The molecule has 0 unspecified atom stereocenters. The highest BCUT2D eigenvalue weighted by Crippen LogP contribution is 2.42. The maximum Gasteiger partial charge on any atom is 0.233 e. The molecule has 23 heavy (non-hydrogen) atoms. The number of carbonyl (C=O) groups is 1. The number of ether oxygens (including phenoxy) is 1. The van der Waals surface area contributed by atoms with Crippen LogP contribution in [0.5, 0.6) is 0 Å². The number of halogens is 2. The first-order valence-corrected chi connectivity index (χ1v) is 8.32. The minimum absolute atomic E-state index is 0.0955. The van der Waals surface area contributed by atoms with Gasteiger partial charge in [0.15, 0.2) is 0 Å². The predicted molar refractivity (Wildman–Crippen MR) is 89.6 cm³/mol. The van der Waals surface area contributed by atoms with E-state index in [2.05, 4.69) is 0 Å². The largest absolute Gasteiger partial charge is 0.370 e. The van der Waals surface area contributed by atoms with Crippen molar-refractivity contribution in [3.63, 3.8) is 0 Å². The van der Waals surface area contributed by atoms with E-state index in [0.717, 1.165) is 16.7 Å². The van der Waals surface area contributed by atoms with Crippen molar-refractivity contribution < 1.29 is 9.53 Å². The Morgan fingerprint density at radius 3 is 2.70 bits per heavy atom. The molecule has 4 rings (SSSR count). The van der Waals surface area contributed by atoms with Crippen molar-refractivity contribution in [2.75, 3.05) is 6.54 Å². The van der Waals surface area contributed by atoms with Gasteiger partial charge in [-0.05, 0) is 17.2 Å². The summed E-state index contributed by atoms with van der Waals surface area (Å²) in [6.07, 6.45) is -0.115. The Morgan fingerprint density at radius 1 is 1.13 bits per heavy atom. The van der Waals surface area contributed by atoms with Gasteiger partial charge in [0, 0.05) is 18.7 Å². The van der Waals surface area contributed by atoms with E-state index in [0.29, 0.717) is 29.7 Å². The maximum absolute atomic E-state index is 12.9. The van der Waals surface area contributed by atoms with E-state index in [-0.39, 0.29) is 17.9 Å². The van der Waals surface area contributed by atoms with Gasteiger partial charge in [0.25, 0.3) is 0 Å². The highest BCUT2D eigenvalue weighted by molar-refractivity contribution is 6.42. The molecule has 3 nitrogen and oxygen atoms in total. The third kappa shape index (κ3) is 2.53. The van der Waals surface area contributed by atoms with Crippen LogP contribution in [0.3, 0.4) is 0 Å². The summed E-state index contributed by atoms with van der Waals surface area (Å²) in [6, 6.07) is 13.7. The molecule has 2 aromatic carbocycles. The molecule has 0 saturated carbocycles. The Labute approximate surface area is 144 Å². The quantitative estimate of drug-likeness (QED) is 0.821. The number of benzene rings is 2. The second-order valence-corrected chi connectivity index (χ2v) is 6.75. The molecule has 2 heterocycles. The predicted octanol–water partition coefficient (Wildman–Crippen LogP) is 4.02. The fourth-order valence-electron chi connectivity index (χ4n) is 3.43. The summed E-state index contributed by atoms with van der Waals surface area (Å²) >= 11 is 12.4. The molecule has 0 aromatic heterocycles. The number of rotatable bonds is 2. The number of amides is 1. The van der Waals surface area contributed by atoms with Crippen molar-refractivity contribution in [1.82, 2.24) is 4.90 Å². The number of hydrogen-bond donors (Lipinski definition) is 0. The van der Waals surface area contributed by atoms with Crippen LogP contribution in [0.4, 0.5) is 0 Å². The smallest absolute Gasteiger partial charge is 0.233 e. The van der Waals surface area contributed by atoms with Crippen LogP contribution in [0.15, 0.2) is 42.5 Å². The van der Waals surface area contributed by atoms with E-state index in [1.807, 2.05) is 41.3 Å². The Kier molecular flexibility index (Phi) is 3.80. The number of hydrogen-bond acceptors (Lipinski definition) is 2. The SMILES string of the molecule is O=C1[C@@H]2c3ccc(Cl)c(Cl)c3CO[C@@H]2CN1Cc1ccccc1. The zero-order valence-electron chi connectivity index (χ0n) is 12.3. The first-order valence-electron chi connectivity index (χ1n) is 7.56. The molecule has 2 aliphatic rings. The van der Waals surface area contributed by atoms with Crippen LogP contribution in [0.25, 0.3) is 0 Å². The number of fused-ring (bicyclic) bond motifs is 3. The molecular weight excluding hydrogens is 333 g/mol. The average molecular weight is 348 g/mol. The van der Waals surface area contributed by atoms with Crippen LogP contribution >= 0.6 is 23.2 Å². The minimum Gasteiger partial charge on any atom is -0.370 e. The normalized spacial score (nSPS) is 22.9. The van der Waals surface area contributed by atoms with Crippen molar-refractivity contribution in [2.24, 2.45) is 0 Å². The molecule has 5 heteroatoms. The summed E-state index contributed by atoms with van der Waals surface area (Å²) in [6.45, 7) is 1.62. The van der Waals surface area contributed by atoms with Crippen molar-refractivity contribution in [2.45, 2.75) is 25.2 Å². The van der Waals surface area contributed by atoms with Gasteiger partial charge in [0.1, 0.15) is 0 Å². The molecule has 0 bridgehead atoms. The van der Waals surface area contributed by atoms with E-state index < -0.39 is 0 Å². The average Bonchev–Trinajstić information content (AvgIpc) is 2.88. The Balaban J connectivity index is 1.64. The molecule has 0 spiro atoms. The van der Waals surface area contributed by atoms with Gasteiger partial charge in [-0.25, -0.2) is 0 Å². The van der Waals surface area contributed by atoms with Crippen molar-refractivity contribution in [3.05, 3.63) is 69.2 Å². The van der Waals surface area contributed by atoms with Crippen LogP contribution in [-0.4, -0.2) is 23.5 Å². The lowest BCUT2D eigenvalue weighted by Crippen LogP contribution is -2.28. The standard InChI is InChI=1S/C18H15Cl2NO2/c19-14-7-6-12-13(17(14)20)10-23-15-9-21(18(22)16(12)15)8-11-4-2-1-3-5-11/h1-7,15-16H,8-10H2/t15-,16-/m1/s1. The topological polar surface area (TPSA) is 29.5 Å². The van der Waals surface area contributed by atoms with Gasteiger partial charge >= 0.3 is 0 Å². The molecule has 2 aromatic rings. The van der Waals surface area contributed by atoms with E-state index in [9.17, 15) is 4.79 Å². The molecule has 1 fully saturated rings. The lowest BCUT2D eigenvalue weighted by atomic mass is 9.89. The molecule has 1 amide bonds. The molecule has 2 atom stereocenters. The van der Waals surface area contributed by atoms with E-state index >= 15 is 0 Å². The second-order valence-electron chi connectivity index (χ2n) is 5.96. The fraction of sp³-hybridized carbons (Fsp3) is 0.278. The first-order chi connectivity index (χ1) is 11.1. The zero-order chi connectivity index (χ0) is 16.0. The van der Waals surface area contributed by atoms with E-state index in [4.69, 9.17) is 27.9 Å². The van der Waals surface area contributed by atoms with Gasteiger partial charge in [0.05, 0.1) is 28.7 Å². The first kappa shape index (κ1) is 15.0. The summed E-state index contributed by atoms with van der Waals surface area (Å²) in [5.74, 6) is -0.185. The Bertz CT molecular complexity index is 763. The molecule has 0 aliphatic carbocycles. The Morgan fingerprint density at radius 2 is 1.91 bits per heavy atom. The maximum atomic E-state index is 12.9. The van der Waals surface area contributed by atoms with E-state index in [1.54, 1.807) is 6.07 Å². The lowest BCUT2D eigenvalue weighted by Gasteiger charge is -2.27. The molecule has 0 radical (unpaired) electrons. The fourth-order valence-corrected chi connectivity index (χ4v) is 3.84. The van der Waals surface area contributed by atoms with Crippen LogP contribution < -0.4 is 0 Å².